The van der Waals surface area contributed by atoms with Gasteiger partial charge in [0, 0.05) is 26.1 Å². The van der Waals surface area contributed by atoms with Gasteiger partial charge in [0.15, 0.2) is 0 Å². The summed E-state index contributed by atoms with van der Waals surface area (Å²) in [6.07, 6.45) is 6.20. The Morgan fingerprint density at radius 2 is 1.68 bits per heavy atom. The van der Waals surface area contributed by atoms with Crippen molar-refractivity contribution < 1.29 is 19.4 Å². The Morgan fingerprint density at radius 3 is 2.21 bits per heavy atom. The van der Waals surface area contributed by atoms with Crippen LogP contribution in [0.1, 0.15) is 25.7 Å². The molecule has 104 valence electrons. The number of amides is 2. The molecular weight excluding hydrogens is 246 g/mol. The maximum Gasteiger partial charge on any atom is 0.233 e. The van der Waals surface area contributed by atoms with Crippen LogP contribution >= 0.6 is 0 Å². The average molecular weight is 265 g/mol. The van der Waals surface area contributed by atoms with E-state index in [1.807, 2.05) is 12.2 Å². The summed E-state index contributed by atoms with van der Waals surface area (Å²) < 4.78 is 5.22. The normalized spacial score (nSPS) is 33.6. The summed E-state index contributed by atoms with van der Waals surface area (Å²) in [4.78, 5) is 25.9. The molecule has 0 saturated carbocycles. The van der Waals surface area contributed by atoms with E-state index in [4.69, 9.17) is 4.74 Å². The van der Waals surface area contributed by atoms with E-state index in [1.165, 1.54) is 4.90 Å². The van der Waals surface area contributed by atoms with Gasteiger partial charge in [0.1, 0.15) is 0 Å². The summed E-state index contributed by atoms with van der Waals surface area (Å²) in [5.41, 5.74) is -0.968. The highest BCUT2D eigenvalue weighted by Crippen LogP contribution is 2.36. The number of rotatable bonds is 2. The molecule has 2 unspecified atom stereocenters. The number of imide groups is 1. The highest BCUT2D eigenvalue weighted by Gasteiger charge is 2.49. The van der Waals surface area contributed by atoms with Crippen LogP contribution < -0.4 is 0 Å². The Hall–Kier alpha value is -1.20. The molecule has 0 radical (unpaired) electrons. The molecule has 0 bridgehead atoms. The third-order valence-corrected chi connectivity index (χ3v) is 4.47. The monoisotopic (exact) mass is 265 g/mol. The van der Waals surface area contributed by atoms with Crippen molar-refractivity contribution in [2.75, 3.05) is 19.8 Å². The minimum Gasteiger partial charge on any atom is -0.388 e. The van der Waals surface area contributed by atoms with E-state index in [2.05, 4.69) is 0 Å². The standard InChI is InChI=1S/C14H19NO4/c16-12-10-3-1-2-4-11(10)13(17)15(12)9-14(18)5-7-19-8-6-14/h1-2,10-11,18H,3-9H2. The number of nitrogens with zero attached hydrogens (tertiary/aromatic N) is 1. The van der Waals surface area contributed by atoms with Gasteiger partial charge in [-0.2, -0.15) is 0 Å². The Kier molecular flexibility index (Phi) is 3.19. The summed E-state index contributed by atoms with van der Waals surface area (Å²) >= 11 is 0. The molecule has 2 fully saturated rings. The van der Waals surface area contributed by atoms with Crippen LogP contribution in [-0.4, -0.2) is 47.2 Å². The van der Waals surface area contributed by atoms with Gasteiger partial charge >= 0.3 is 0 Å². The summed E-state index contributed by atoms with van der Waals surface area (Å²) in [6.45, 7) is 1.10. The van der Waals surface area contributed by atoms with Gasteiger partial charge in [-0.15, -0.1) is 0 Å². The SMILES string of the molecule is O=C1C2CC=CCC2C(=O)N1CC1(O)CCOCC1. The van der Waals surface area contributed by atoms with Crippen LogP contribution in [0.5, 0.6) is 0 Å². The molecule has 3 aliphatic rings. The minimum absolute atomic E-state index is 0.112. The van der Waals surface area contributed by atoms with Gasteiger partial charge in [-0.05, 0) is 12.8 Å². The van der Waals surface area contributed by atoms with Crippen molar-refractivity contribution in [1.29, 1.82) is 0 Å². The number of fused-ring (bicyclic) bond motifs is 1. The first kappa shape index (κ1) is 12.8. The number of carbonyl (C=O) groups is 2. The van der Waals surface area contributed by atoms with Gasteiger partial charge in [-0.1, -0.05) is 12.2 Å². The van der Waals surface area contributed by atoms with Gasteiger partial charge in [0.05, 0.1) is 24.0 Å². The second-order valence-corrected chi connectivity index (χ2v) is 5.76. The van der Waals surface area contributed by atoms with Crippen molar-refractivity contribution in [2.24, 2.45) is 11.8 Å². The smallest absolute Gasteiger partial charge is 0.233 e. The van der Waals surface area contributed by atoms with Crippen molar-refractivity contribution >= 4 is 11.8 Å². The molecular formula is C14H19NO4. The third-order valence-electron chi connectivity index (χ3n) is 4.47. The van der Waals surface area contributed by atoms with E-state index in [-0.39, 0.29) is 30.2 Å². The molecule has 1 aliphatic carbocycles. The van der Waals surface area contributed by atoms with Crippen molar-refractivity contribution in [3.8, 4) is 0 Å². The van der Waals surface area contributed by atoms with Gasteiger partial charge in [0.2, 0.25) is 11.8 Å². The summed E-state index contributed by atoms with van der Waals surface area (Å²) in [5, 5.41) is 10.5. The summed E-state index contributed by atoms with van der Waals surface area (Å²) in [6, 6.07) is 0. The number of ether oxygens (including phenoxy) is 1. The molecule has 3 rings (SSSR count). The first-order valence-corrected chi connectivity index (χ1v) is 6.91. The molecule has 2 amide bonds. The lowest BCUT2D eigenvalue weighted by molar-refractivity contribution is -0.147. The third kappa shape index (κ3) is 2.21. The lowest BCUT2D eigenvalue weighted by Crippen LogP contribution is -2.49. The Morgan fingerprint density at radius 1 is 1.16 bits per heavy atom. The van der Waals surface area contributed by atoms with Crippen molar-refractivity contribution in [3.63, 3.8) is 0 Å². The number of hydrogen-bond donors (Lipinski definition) is 1. The quantitative estimate of drug-likeness (QED) is 0.582. The zero-order valence-corrected chi connectivity index (χ0v) is 10.9. The summed E-state index contributed by atoms with van der Waals surface area (Å²) in [7, 11) is 0. The molecule has 5 heteroatoms. The highest BCUT2D eigenvalue weighted by molar-refractivity contribution is 6.05. The fourth-order valence-electron chi connectivity index (χ4n) is 3.23. The molecule has 2 heterocycles. The fraction of sp³-hybridized carbons (Fsp3) is 0.714. The Labute approximate surface area is 112 Å². The van der Waals surface area contributed by atoms with Crippen LogP contribution in [0.3, 0.4) is 0 Å². The number of likely N-dealkylation sites (tertiary alicyclic amines) is 1. The molecule has 2 atom stereocenters. The number of hydrogen-bond acceptors (Lipinski definition) is 4. The zero-order chi connectivity index (χ0) is 13.5. The van der Waals surface area contributed by atoms with E-state index in [1.54, 1.807) is 0 Å². The van der Waals surface area contributed by atoms with Crippen LogP contribution in [-0.2, 0) is 14.3 Å². The lowest BCUT2D eigenvalue weighted by Gasteiger charge is -2.34. The topological polar surface area (TPSA) is 66.8 Å². The predicted molar refractivity (Wildman–Crippen MR) is 67.1 cm³/mol. The van der Waals surface area contributed by atoms with E-state index < -0.39 is 5.60 Å². The maximum absolute atomic E-state index is 12.3. The Bertz CT molecular complexity index is 399. The molecule has 5 nitrogen and oxygen atoms in total. The lowest BCUT2D eigenvalue weighted by atomic mass is 9.85. The van der Waals surface area contributed by atoms with Gasteiger partial charge in [-0.25, -0.2) is 0 Å². The van der Waals surface area contributed by atoms with Crippen LogP contribution in [0.4, 0.5) is 0 Å². The number of aliphatic hydroxyl groups is 1. The van der Waals surface area contributed by atoms with E-state index in [0.29, 0.717) is 38.9 Å². The molecule has 1 N–H and O–H groups in total. The molecule has 0 aromatic carbocycles. The van der Waals surface area contributed by atoms with Crippen molar-refractivity contribution in [2.45, 2.75) is 31.3 Å². The van der Waals surface area contributed by atoms with Crippen LogP contribution in [0.15, 0.2) is 12.2 Å². The number of allylic oxidation sites excluding steroid dienone is 2. The second-order valence-electron chi connectivity index (χ2n) is 5.76. The van der Waals surface area contributed by atoms with E-state index in [0.717, 1.165) is 0 Å². The molecule has 2 aliphatic heterocycles. The zero-order valence-electron chi connectivity index (χ0n) is 10.9. The predicted octanol–water partition coefficient (Wildman–Crippen LogP) is 0.479. The van der Waals surface area contributed by atoms with Crippen LogP contribution in [0, 0.1) is 11.8 Å². The second kappa shape index (κ2) is 4.72. The van der Waals surface area contributed by atoms with Gasteiger partial charge in [-0.3, -0.25) is 14.5 Å². The number of carbonyl (C=O) groups excluding carboxylic acids is 2. The maximum atomic E-state index is 12.3. The van der Waals surface area contributed by atoms with Gasteiger partial charge in [0.25, 0.3) is 0 Å². The minimum atomic E-state index is -0.968. The molecule has 0 aromatic rings. The molecule has 19 heavy (non-hydrogen) atoms. The Balaban J connectivity index is 1.74. The molecule has 0 spiro atoms. The molecule has 2 saturated heterocycles. The summed E-state index contributed by atoms with van der Waals surface area (Å²) in [5.74, 6) is -0.639. The number of β-amino-alcohol motifs (C(OH)–C–C–N with tert-alkyl or cyclic N) is 1. The fourth-order valence-corrected chi connectivity index (χ4v) is 3.23. The van der Waals surface area contributed by atoms with Crippen LogP contribution in [0.2, 0.25) is 0 Å². The van der Waals surface area contributed by atoms with E-state index >= 15 is 0 Å². The average Bonchev–Trinajstić information content (AvgIpc) is 2.65. The van der Waals surface area contributed by atoms with E-state index in [9.17, 15) is 14.7 Å². The highest BCUT2D eigenvalue weighted by atomic mass is 16.5. The first-order valence-electron chi connectivity index (χ1n) is 6.91. The van der Waals surface area contributed by atoms with Crippen molar-refractivity contribution in [3.05, 3.63) is 12.2 Å². The first-order chi connectivity index (χ1) is 9.11. The van der Waals surface area contributed by atoms with Gasteiger partial charge < -0.3 is 9.84 Å². The van der Waals surface area contributed by atoms with Crippen LogP contribution in [0.25, 0.3) is 0 Å². The molecule has 0 aromatic heterocycles. The largest absolute Gasteiger partial charge is 0.388 e. The van der Waals surface area contributed by atoms with Crippen molar-refractivity contribution in [1.82, 2.24) is 4.90 Å².